The van der Waals surface area contributed by atoms with Crippen molar-refractivity contribution in [1.29, 1.82) is 0 Å². The molecule has 102 valence electrons. The number of hydrogen-bond donors (Lipinski definition) is 2. The van der Waals surface area contributed by atoms with Crippen molar-refractivity contribution in [2.75, 3.05) is 12.3 Å². The Bertz CT molecular complexity index is 622. The molecular weight excluding hydrogens is 264 g/mol. The van der Waals surface area contributed by atoms with Gasteiger partial charge in [-0.25, -0.2) is 13.1 Å². The predicted molar refractivity (Wildman–Crippen MR) is 73.7 cm³/mol. The predicted octanol–water partition coefficient (Wildman–Crippen LogP) is 0.585. The van der Waals surface area contributed by atoms with E-state index >= 15 is 0 Å². The molecule has 2 aromatic rings. The van der Waals surface area contributed by atoms with Crippen molar-refractivity contribution in [3.05, 3.63) is 48.3 Å². The summed E-state index contributed by atoms with van der Waals surface area (Å²) in [4.78, 5) is 0. The third kappa shape index (κ3) is 4.38. The van der Waals surface area contributed by atoms with Crippen molar-refractivity contribution in [2.24, 2.45) is 0 Å². The van der Waals surface area contributed by atoms with E-state index in [-0.39, 0.29) is 12.3 Å². The second-order valence-corrected chi connectivity index (χ2v) is 5.98. The highest BCUT2D eigenvalue weighted by molar-refractivity contribution is 7.88. The molecule has 0 radical (unpaired) electrons. The number of nitrogens with one attached hydrogen (secondary N) is 1. The van der Waals surface area contributed by atoms with Gasteiger partial charge in [-0.05, 0) is 5.56 Å². The van der Waals surface area contributed by atoms with E-state index in [4.69, 9.17) is 5.73 Å². The van der Waals surface area contributed by atoms with E-state index < -0.39 is 10.0 Å². The van der Waals surface area contributed by atoms with Gasteiger partial charge in [0.15, 0.2) is 0 Å². The number of aromatic nitrogens is 2. The van der Waals surface area contributed by atoms with Crippen LogP contribution in [0.15, 0.2) is 42.7 Å². The summed E-state index contributed by atoms with van der Waals surface area (Å²) in [6.07, 6.45) is 3.18. The second-order valence-electron chi connectivity index (χ2n) is 4.18. The molecule has 0 aliphatic carbocycles. The molecule has 0 amide bonds. The summed E-state index contributed by atoms with van der Waals surface area (Å²) in [7, 11) is -3.32. The number of rotatable bonds is 6. The monoisotopic (exact) mass is 280 g/mol. The summed E-state index contributed by atoms with van der Waals surface area (Å²) in [5.74, 6) is -0.0188. The molecular formula is C12H16N4O2S. The normalized spacial score (nSPS) is 11.6. The smallest absolute Gasteiger partial charge is 0.215 e. The SMILES string of the molecule is Nc1cnn(CCNS(=O)(=O)Cc2ccccc2)c1. The van der Waals surface area contributed by atoms with Crippen molar-refractivity contribution in [2.45, 2.75) is 12.3 Å². The third-order valence-corrected chi connectivity index (χ3v) is 3.87. The van der Waals surface area contributed by atoms with Crippen molar-refractivity contribution in [1.82, 2.24) is 14.5 Å². The molecule has 0 saturated heterocycles. The number of benzene rings is 1. The van der Waals surface area contributed by atoms with E-state index in [1.54, 1.807) is 23.0 Å². The van der Waals surface area contributed by atoms with E-state index in [1.165, 1.54) is 6.20 Å². The molecule has 1 heterocycles. The Morgan fingerprint density at radius 3 is 2.63 bits per heavy atom. The van der Waals surface area contributed by atoms with Crippen LogP contribution in [0.3, 0.4) is 0 Å². The quantitative estimate of drug-likeness (QED) is 0.810. The van der Waals surface area contributed by atoms with Gasteiger partial charge in [0, 0.05) is 12.7 Å². The zero-order valence-electron chi connectivity index (χ0n) is 10.4. The van der Waals surface area contributed by atoms with Gasteiger partial charge in [-0.1, -0.05) is 30.3 Å². The molecule has 0 atom stereocenters. The van der Waals surface area contributed by atoms with Crippen molar-refractivity contribution >= 4 is 15.7 Å². The lowest BCUT2D eigenvalue weighted by Gasteiger charge is -2.06. The molecule has 2 rings (SSSR count). The van der Waals surface area contributed by atoms with Crippen molar-refractivity contribution in [3.63, 3.8) is 0 Å². The Morgan fingerprint density at radius 1 is 1.26 bits per heavy atom. The molecule has 1 aromatic carbocycles. The molecule has 7 heteroatoms. The molecule has 0 bridgehead atoms. The maximum atomic E-state index is 11.8. The average molecular weight is 280 g/mol. The van der Waals surface area contributed by atoms with Crippen LogP contribution in [0.25, 0.3) is 0 Å². The molecule has 0 aliphatic rings. The number of hydrogen-bond acceptors (Lipinski definition) is 4. The number of anilines is 1. The average Bonchev–Trinajstić information content (AvgIpc) is 2.75. The standard InChI is InChI=1S/C12H16N4O2S/c13-12-8-14-16(9-12)7-6-15-19(17,18)10-11-4-2-1-3-5-11/h1-5,8-9,15H,6-7,10,13H2. The third-order valence-electron chi connectivity index (χ3n) is 2.52. The number of nitrogen functional groups attached to an aromatic ring is 1. The van der Waals surface area contributed by atoms with Gasteiger partial charge in [0.1, 0.15) is 0 Å². The van der Waals surface area contributed by atoms with E-state index in [0.717, 1.165) is 5.56 Å². The van der Waals surface area contributed by atoms with Crippen molar-refractivity contribution in [3.8, 4) is 0 Å². The van der Waals surface area contributed by atoms with Gasteiger partial charge < -0.3 is 5.73 Å². The Morgan fingerprint density at radius 2 is 2.00 bits per heavy atom. The van der Waals surface area contributed by atoms with Crippen LogP contribution in [0.2, 0.25) is 0 Å². The van der Waals surface area contributed by atoms with E-state index in [9.17, 15) is 8.42 Å². The fourth-order valence-corrected chi connectivity index (χ4v) is 2.80. The molecule has 1 aromatic heterocycles. The molecule has 0 unspecified atom stereocenters. The largest absolute Gasteiger partial charge is 0.396 e. The first-order valence-corrected chi connectivity index (χ1v) is 7.49. The summed E-state index contributed by atoms with van der Waals surface area (Å²) in [5, 5.41) is 3.98. The molecule has 0 saturated carbocycles. The van der Waals surface area contributed by atoms with Gasteiger partial charge in [0.25, 0.3) is 0 Å². The summed E-state index contributed by atoms with van der Waals surface area (Å²) in [5.41, 5.74) is 6.84. The molecule has 0 aliphatic heterocycles. The van der Waals surface area contributed by atoms with Gasteiger partial charge in [-0.15, -0.1) is 0 Å². The van der Waals surface area contributed by atoms with E-state index in [2.05, 4.69) is 9.82 Å². The first-order valence-electron chi connectivity index (χ1n) is 5.84. The van der Waals surface area contributed by atoms with Crippen LogP contribution in [-0.4, -0.2) is 24.7 Å². The Balaban J connectivity index is 1.84. The minimum atomic E-state index is -3.32. The fraction of sp³-hybridized carbons (Fsp3) is 0.250. The lowest BCUT2D eigenvalue weighted by Crippen LogP contribution is -2.28. The maximum absolute atomic E-state index is 11.8. The maximum Gasteiger partial charge on any atom is 0.215 e. The first-order chi connectivity index (χ1) is 9.05. The van der Waals surface area contributed by atoms with Crippen LogP contribution in [0.1, 0.15) is 5.56 Å². The molecule has 3 N–H and O–H groups in total. The lowest BCUT2D eigenvalue weighted by molar-refractivity contribution is 0.560. The summed E-state index contributed by atoms with van der Waals surface area (Å²) in [6.45, 7) is 0.738. The highest BCUT2D eigenvalue weighted by Gasteiger charge is 2.10. The van der Waals surface area contributed by atoms with Crippen LogP contribution >= 0.6 is 0 Å². The minimum Gasteiger partial charge on any atom is -0.396 e. The van der Waals surface area contributed by atoms with Gasteiger partial charge in [0.2, 0.25) is 10.0 Å². The molecule has 0 spiro atoms. The lowest BCUT2D eigenvalue weighted by atomic mass is 10.2. The van der Waals surface area contributed by atoms with E-state index in [0.29, 0.717) is 12.2 Å². The summed E-state index contributed by atoms with van der Waals surface area (Å²) < 4.78 is 27.8. The molecule has 0 fully saturated rings. The topological polar surface area (TPSA) is 90.0 Å². The molecule has 19 heavy (non-hydrogen) atoms. The highest BCUT2D eigenvalue weighted by atomic mass is 32.2. The van der Waals surface area contributed by atoms with Crippen LogP contribution < -0.4 is 10.5 Å². The molecule has 6 nitrogen and oxygen atoms in total. The van der Waals surface area contributed by atoms with Gasteiger partial charge >= 0.3 is 0 Å². The first kappa shape index (κ1) is 13.6. The number of sulfonamides is 1. The Kier molecular flexibility index (Phi) is 4.18. The van der Waals surface area contributed by atoms with Gasteiger partial charge in [-0.2, -0.15) is 5.10 Å². The number of nitrogens with zero attached hydrogens (tertiary/aromatic N) is 2. The zero-order valence-corrected chi connectivity index (χ0v) is 11.2. The minimum absolute atomic E-state index is 0.0188. The Hall–Kier alpha value is -1.86. The van der Waals surface area contributed by atoms with E-state index in [1.807, 2.05) is 18.2 Å². The highest BCUT2D eigenvalue weighted by Crippen LogP contribution is 2.04. The van der Waals surface area contributed by atoms with Crippen LogP contribution in [-0.2, 0) is 22.3 Å². The second kappa shape index (κ2) is 5.85. The van der Waals surface area contributed by atoms with Gasteiger partial charge in [0.05, 0.1) is 24.2 Å². The summed E-state index contributed by atoms with van der Waals surface area (Å²) >= 11 is 0. The number of nitrogens with two attached hydrogens (primary N) is 1. The summed E-state index contributed by atoms with van der Waals surface area (Å²) in [6, 6.07) is 9.06. The van der Waals surface area contributed by atoms with Gasteiger partial charge in [-0.3, -0.25) is 4.68 Å². The Labute approximate surface area is 112 Å². The van der Waals surface area contributed by atoms with Crippen LogP contribution in [0.4, 0.5) is 5.69 Å². The zero-order chi connectivity index (χ0) is 13.7. The fourth-order valence-electron chi connectivity index (χ4n) is 1.66. The van der Waals surface area contributed by atoms with Crippen LogP contribution in [0.5, 0.6) is 0 Å². The van der Waals surface area contributed by atoms with Crippen molar-refractivity contribution < 1.29 is 8.42 Å². The van der Waals surface area contributed by atoms with Crippen LogP contribution in [0, 0.1) is 0 Å².